The fraction of sp³-hybridized carbons (Fsp3) is 0.412. The molecule has 0 spiro atoms. The van der Waals surface area contributed by atoms with E-state index in [0.29, 0.717) is 5.92 Å². The van der Waals surface area contributed by atoms with E-state index >= 15 is 0 Å². The lowest BCUT2D eigenvalue weighted by atomic mass is 9.92. The molecule has 2 unspecified atom stereocenters. The zero-order valence-corrected chi connectivity index (χ0v) is 12.3. The molecule has 0 radical (unpaired) electrons. The lowest BCUT2D eigenvalue weighted by Gasteiger charge is -2.22. The highest BCUT2D eigenvalue weighted by atomic mass is 16.5. The summed E-state index contributed by atoms with van der Waals surface area (Å²) in [4.78, 5) is 0. The minimum atomic E-state index is -0.659. The lowest BCUT2D eigenvalue weighted by Crippen LogP contribution is -2.30. The highest BCUT2D eigenvalue weighted by Gasteiger charge is 2.20. The summed E-state index contributed by atoms with van der Waals surface area (Å²) in [6.07, 6.45) is 0.134. The molecule has 0 aromatic heterocycles. The first-order chi connectivity index (χ1) is 9.54. The van der Waals surface area contributed by atoms with E-state index in [1.807, 2.05) is 36.4 Å². The number of nitrogens with two attached hydrogens (primary N) is 1. The van der Waals surface area contributed by atoms with Gasteiger partial charge in [-0.05, 0) is 29.4 Å². The van der Waals surface area contributed by atoms with Crippen LogP contribution in [0, 0.1) is 5.92 Å². The number of methoxy groups -OCH3 is 1. The highest BCUT2D eigenvalue weighted by molar-refractivity contribution is 5.91. The maximum atomic E-state index is 10.5. The van der Waals surface area contributed by atoms with Crippen molar-refractivity contribution in [3.63, 3.8) is 0 Å². The minimum absolute atomic E-state index is 0.258. The molecule has 0 amide bonds. The Morgan fingerprint density at radius 2 is 1.75 bits per heavy atom. The van der Waals surface area contributed by atoms with Gasteiger partial charge in [-0.1, -0.05) is 44.2 Å². The third kappa shape index (κ3) is 2.94. The quantitative estimate of drug-likeness (QED) is 0.879. The minimum Gasteiger partial charge on any atom is -0.496 e. The van der Waals surface area contributed by atoms with E-state index < -0.39 is 6.10 Å². The molecule has 0 aliphatic carbocycles. The van der Waals surface area contributed by atoms with Crippen LogP contribution in [0.3, 0.4) is 0 Å². The number of aliphatic hydroxyl groups excluding tert-OH is 1. The summed E-state index contributed by atoms with van der Waals surface area (Å²) >= 11 is 0. The molecule has 108 valence electrons. The number of aliphatic hydroxyl groups is 1. The predicted octanol–water partition coefficient (Wildman–Crippen LogP) is 3.26. The molecule has 20 heavy (non-hydrogen) atoms. The van der Waals surface area contributed by atoms with Gasteiger partial charge in [0.15, 0.2) is 0 Å². The largest absolute Gasteiger partial charge is 0.496 e. The maximum absolute atomic E-state index is 10.5. The van der Waals surface area contributed by atoms with Gasteiger partial charge in [0.05, 0.1) is 13.2 Å². The molecule has 3 nitrogen and oxygen atoms in total. The Kier molecular flexibility index (Phi) is 4.63. The normalized spacial score (nSPS) is 14.5. The summed E-state index contributed by atoms with van der Waals surface area (Å²) < 4.78 is 5.37. The van der Waals surface area contributed by atoms with Crippen molar-refractivity contribution in [1.29, 1.82) is 0 Å². The molecule has 0 heterocycles. The first-order valence-electron chi connectivity index (χ1n) is 7.04. The molecule has 0 aliphatic rings. The van der Waals surface area contributed by atoms with E-state index in [1.54, 1.807) is 7.11 Å². The molecule has 0 bridgehead atoms. The Labute approximate surface area is 120 Å². The number of hydrogen-bond acceptors (Lipinski definition) is 3. The zero-order chi connectivity index (χ0) is 14.7. The number of fused-ring (bicyclic) bond motifs is 1. The van der Waals surface area contributed by atoms with Crippen LogP contribution in [0.1, 0.15) is 31.9 Å². The van der Waals surface area contributed by atoms with Crippen LogP contribution in [0.25, 0.3) is 10.8 Å². The van der Waals surface area contributed by atoms with E-state index in [9.17, 15) is 5.11 Å². The second-order valence-corrected chi connectivity index (χ2v) is 5.64. The molecule has 2 aromatic rings. The molecule has 0 saturated carbocycles. The van der Waals surface area contributed by atoms with Crippen LogP contribution in [0.5, 0.6) is 5.75 Å². The SMILES string of the molecule is COc1ccc(C(O)C(N)CC(C)C)c2ccccc12. The van der Waals surface area contributed by atoms with Crippen LogP contribution in [0.2, 0.25) is 0 Å². The van der Waals surface area contributed by atoms with Crippen molar-refractivity contribution in [2.75, 3.05) is 7.11 Å². The first-order valence-corrected chi connectivity index (χ1v) is 7.04. The Hall–Kier alpha value is -1.58. The average molecular weight is 273 g/mol. The fourth-order valence-electron chi connectivity index (χ4n) is 2.63. The second kappa shape index (κ2) is 6.25. The topological polar surface area (TPSA) is 55.5 Å². The Balaban J connectivity index is 2.44. The first kappa shape index (κ1) is 14.8. The van der Waals surface area contributed by atoms with E-state index in [4.69, 9.17) is 10.5 Å². The third-order valence-electron chi connectivity index (χ3n) is 3.61. The van der Waals surface area contributed by atoms with E-state index in [1.165, 1.54) is 0 Å². The summed E-state index contributed by atoms with van der Waals surface area (Å²) in [7, 11) is 1.66. The van der Waals surface area contributed by atoms with Gasteiger partial charge in [0, 0.05) is 11.4 Å². The summed E-state index contributed by atoms with van der Waals surface area (Å²) in [6.45, 7) is 4.22. The van der Waals surface area contributed by atoms with E-state index in [0.717, 1.165) is 28.5 Å². The number of rotatable bonds is 5. The van der Waals surface area contributed by atoms with Gasteiger partial charge >= 0.3 is 0 Å². The molecule has 0 saturated heterocycles. The summed E-state index contributed by atoms with van der Waals surface area (Å²) in [5.74, 6) is 1.28. The van der Waals surface area contributed by atoms with Crippen molar-refractivity contribution in [2.24, 2.45) is 11.7 Å². The van der Waals surface area contributed by atoms with Crippen molar-refractivity contribution in [2.45, 2.75) is 32.4 Å². The van der Waals surface area contributed by atoms with Crippen molar-refractivity contribution >= 4 is 10.8 Å². The molecule has 3 heteroatoms. The zero-order valence-electron chi connectivity index (χ0n) is 12.3. The van der Waals surface area contributed by atoms with E-state index in [-0.39, 0.29) is 6.04 Å². The Bertz CT molecular complexity index is 580. The molecule has 3 N–H and O–H groups in total. The van der Waals surface area contributed by atoms with Crippen LogP contribution in [0.15, 0.2) is 36.4 Å². The summed E-state index contributed by atoms with van der Waals surface area (Å²) in [5.41, 5.74) is 7.00. The molecular weight excluding hydrogens is 250 g/mol. The molecule has 2 aromatic carbocycles. The smallest absolute Gasteiger partial charge is 0.126 e. The van der Waals surface area contributed by atoms with E-state index in [2.05, 4.69) is 13.8 Å². The van der Waals surface area contributed by atoms with Gasteiger partial charge in [-0.25, -0.2) is 0 Å². The van der Waals surface area contributed by atoms with Crippen LogP contribution in [-0.4, -0.2) is 18.3 Å². The van der Waals surface area contributed by atoms with Gasteiger partial charge in [0.1, 0.15) is 5.75 Å². The van der Waals surface area contributed by atoms with Gasteiger partial charge in [-0.2, -0.15) is 0 Å². The van der Waals surface area contributed by atoms with Crippen molar-refractivity contribution in [3.05, 3.63) is 42.0 Å². The van der Waals surface area contributed by atoms with Gasteiger partial charge in [0.25, 0.3) is 0 Å². The van der Waals surface area contributed by atoms with Gasteiger partial charge in [-0.15, -0.1) is 0 Å². The number of benzene rings is 2. The molecule has 0 fully saturated rings. The highest BCUT2D eigenvalue weighted by Crippen LogP contribution is 2.33. The molecular formula is C17H23NO2. The average Bonchev–Trinajstić information content (AvgIpc) is 2.44. The standard InChI is InChI=1S/C17H23NO2/c1-11(2)10-15(18)17(19)14-8-9-16(20-3)13-7-5-4-6-12(13)14/h4-9,11,15,17,19H,10,18H2,1-3H3. The predicted molar refractivity (Wildman–Crippen MR) is 82.9 cm³/mol. The summed E-state index contributed by atoms with van der Waals surface area (Å²) in [5, 5.41) is 12.5. The van der Waals surface area contributed by atoms with Crippen LogP contribution < -0.4 is 10.5 Å². The second-order valence-electron chi connectivity index (χ2n) is 5.64. The van der Waals surface area contributed by atoms with Crippen LogP contribution >= 0.6 is 0 Å². The molecule has 2 atom stereocenters. The van der Waals surface area contributed by atoms with Crippen molar-refractivity contribution in [1.82, 2.24) is 0 Å². The Morgan fingerprint density at radius 1 is 1.10 bits per heavy atom. The monoisotopic (exact) mass is 273 g/mol. The van der Waals surface area contributed by atoms with Crippen molar-refractivity contribution < 1.29 is 9.84 Å². The fourth-order valence-corrected chi connectivity index (χ4v) is 2.63. The van der Waals surface area contributed by atoms with Crippen LogP contribution in [-0.2, 0) is 0 Å². The maximum Gasteiger partial charge on any atom is 0.126 e. The summed E-state index contributed by atoms with van der Waals surface area (Å²) in [6, 6.07) is 11.5. The Morgan fingerprint density at radius 3 is 2.35 bits per heavy atom. The third-order valence-corrected chi connectivity index (χ3v) is 3.61. The lowest BCUT2D eigenvalue weighted by molar-refractivity contribution is 0.137. The molecule has 0 aliphatic heterocycles. The number of ether oxygens (including phenoxy) is 1. The van der Waals surface area contributed by atoms with Gasteiger partial charge < -0.3 is 15.6 Å². The van der Waals surface area contributed by atoms with Gasteiger partial charge in [0.2, 0.25) is 0 Å². The van der Waals surface area contributed by atoms with Crippen molar-refractivity contribution in [3.8, 4) is 5.75 Å². The van der Waals surface area contributed by atoms with Gasteiger partial charge in [-0.3, -0.25) is 0 Å². The number of hydrogen-bond donors (Lipinski definition) is 2. The molecule has 2 rings (SSSR count). The van der Waals surface area contributed by atoms with Crippen LogP contribution in [0.4, 0.5) is 0 Å².